The van der Waals surface area contributed by atoms with Gasteiger partial charge in [-0.3, -0.25) is 14.2 Å². The predicted molar refractivity (Wildman–Crippen MR) is 115 cm³/mol. The number of hydrogen-bond acceptors (Lipinski definition) is 4. The fourth-order valence-corrected chi connectivity index (χ4v) is 2.91. The van der Waals surface area contributed by atoms with Crippen LogP contribution in [0.2, 0.25) is 5.02 Å². The number of aryl methyl sites for hydroxylation is 1. The van der Waals surface area contributed by atoms with Gasteiger partial charge in [0.25, 0.3) is 5.91 Å². The van der Waals surface area contributed by atoms with Crippen molar-refractivity contribution in [1.29, 1.82) is 0 Å². The van der Waals surface area contributed by atoms with Crippen molar-refractivity contribution in [3.05, 3.63) is 46.4 Å². The summed E-state index contributed by atoms with van der Waals surface area (Å²) in [5.74, 6) is -0.151. The van der Waals surface area contributed by atoms with Crippen molar-refractivity contribution in [2.75, 3.05) is 13.1 Å². The topological polar surface area (TPSA) is 79.0 Å². The standard InChI is InChI=1S/C21H29ClN4O2/c1-5-18-20(26-11-9-17(22)12-19(26)25-18)21(28)24-13-14(2)6-7-15(3)23-10-8-16(4)27/h6,9,11-12,16,27H,5,7-8,10,13H2,1-4H3,(H,24,28)/b14-6+,23-15?. The first-order valence-corrected chi connectivity index (χ1v) is 9.97. The van der Waals surface area contributed by atoms with E-state index in [1.54, 1.807) is 29.7 Å². The summed E-state index contributed by atoms with van der Waals surface area (Å²) in [4.78, 5) is 21.7. The van der Waals surface area contributed by atoms with Crippen LogP contribution in [0.3, 0.4) is 0 Å². The zero-order chi connectivity index (χ0) is 20.7. The maximum absolute atomic E-state index is 12.8. The number of hydrogen-bond donors (Lipinski definition) is 2. The van der Waals surface area contributed by atoms with Crippen LogP contribution in [0, 0.1) is 0 Å². The molecule has 0 radical (unpaired) electrons. The zero-order valence-electron chi connectivity index (χ0n) is 17.0. The summed E-state index contributed by atoms with van der Waals surface area (Å²) in [6.45, 7) is 8.79. The molecule has 2 aromatic rings. The Morgan fingerprint density at radius 2 is 2.21 bits per heavy atom. The summed E-state index contributed by atoms with van der Waals surface area (Å²) in [5.41, 5.74) is 4.05. The Morgan fingerprint density at radius 3 is 2.89 bits per heavy atom. The molecule has 2 aromatic heterocycles. The molecule has 2 heterocycles. The molecule has 2 rings (SSSR count). The average Bonchev–Trinajstić information content (AvgIpc) is 3.01. The number of nitrogens with zero attached hydrogens (tertiary/aromatic N) is 3. The van der Waals surface area contributed by atoms with E-state index in [-0.39, 0.29) is 12.0 Å². The lowest BCUT2D eigenvalue weighted by Gasteiger charge is -2.07. The van der Waals surface area contributed by atoms with Gasteiger partial charge in [-0.1, -0.05) is 30.2 Å². The monoisotopic (exact) mass is 404 g/mol. The van der Waals surface area contributed by atoms with E-state index < -0.39 is 0 Å². The minimum Gasteiger partial charge on any atom is -0.393 e. The Bertz CT molecular complexity index is 884. The molecule has 0 aromatic carbocycles. The number of pyridine rings is 1. The number of fused-ring (bicyclic) bond motifs is 1. The molecule has 0 saturated heterocycles. The van der Waals surface area contributed by atoms with E-state index in [0.29, 0.717) is 42.3 Å². The molecule has 0 aliphatic rings. The number of imidazole rings is 1. The molecule has 0 fully saturated rings. The molecule has 28 heavy (non-hydrogen) atoms. The first-order chi connectivity index (χ1) is 13.3. The molecule has 0 bridgehead atoms. The van der Waals surface area contributed by atoms with E-state index in [4.69, 9.17) is 11.6 Å². The van der Waals surface area contributed by atoms with Crippen LogP contribution in [0.1, 0.15) is 56.7 Å². The van der Waals surface area contributed by atoms with Gasteiger partial charge in [-0.15, -0.1) is 0 Å². The molecule has 152 valence electrons. The molecular weight excluding hydrogens is 376 g/mol. The second kappa shape index (κ2) is 10.4. The van der Waals surface area contributed by atoms with Crippen molar-refractivity contribution < 1.29 is 9.90 Å². The summed E-state index contributed by atoms with van der Waals surface area (Å²) >= 11 is 6.03. The fourth-order valence-electron chi connectivity index (χ4n) is 2.76. The van der Waals surface area contributed by atoms with Crippen LogP contribution in [-0.4, -0.2) is 45.3 Å². The molecule has 1 atom stereocenters. The average molecular weight is 405 g/mol. The van der Waals surface area contributed by atoms with E-state index >= 15 is 0 Å². The number of halogens is 1. The van der Waals surface area contributed by atoms with Gasteiger partial charge in [0.2, 0.25) is 0 Å². The van der Waals surface area contributed by atoms with E-state index in [1.807, 2.05) is 20.8 Å². The van der Waals surface area contributed by atoms with Gasteiger partial charge in [-0.2, -0.15) is 0 Å². The van der Waals surface area contributed by atoms with Crippen molar-refractivity contribution in [1.82, 2.24) is 14.7 Å². The third-order valence-corrected chi connectivity index (χ3v) is 4.65. The molecule has 6 nitrogen and oxygen atoms in total. The number of aromatic nitrogens is 2. The molecule has 1 amide bonds. The van der Waals surface area contributed by atoms with Crippen molar-refractivity contribution in [3.8, 4) is 0 Å². The van der Waals surface area contributed by atoms with Gasteiger partial charge in [0.05, 0.1) is 11.8 Å². The summed E-state index contributed by atoms with van der Waals surface area (Å²) < 4.78 is 1.78. The normalized spacial score (nSPS) is 13.8. The SMILES string of the molecule is CCc1nc2cc(Cl)ccn2c1C(=O)NC/C(C)=C/CC(C)=NCCC(C)O. The molecule has 0 aliphatic carbocycles. The highest BCUT2D eigenvalue weighted by Gasteiger charge is 2.18. The Balaban J connectivity index is 1.99. The minimum absolute atomic E-state index is 0.151. The number of aliphatic hydroxyl groups is 1. The number of aliphatic imine (C=N–C) groups is 1. The van der Waals surface area contributed by atoms with Gasteiger partial charge in [0.1, 0.15) is 11.3 Å². The fraction of sp³-hybridized carbons (Fsp3) is 0.476. The van der Waals surface area contributed by atoms with Crippen molar-refractivity contribution in [2.24, 2.45) is 4.99 Å². The van der Waals surface area contributed by atoms with Crippen LogP contribution >= 0.6 is 11.6 Å². The van der Waals surface area contributed by atoms with E-state index in [1.165, 1.54) is 0 Å². The smallest absolute Gasteiger partial charge is 0.270 e. The highest BCUT2D eigenvalue weighted by molar-refractivity contribution is 6.30. The summed E-state index contributed by atoms with van der Waals surface area (Å²) in [6, 6.07) is 3.50. The van der Waals surface area contributed by atoms with Crippen LogP contribution < -0.4 is 5.32 Å². The van der Waals surface area contributed by atoms with Gasteiger partial charge < -0.3 is 10.4 Å². The number of allylic oxidation sites excluding steroid dienone is 1. The second-order valence-electron chi connectivity index (χ2n) is 7.03. The Hall–Kier alpha value is -2.18. The van der Waals surface area contributed by atoms with Crippen LogP contribution in [0.4, 0.5) is 0 Å². The van der Waals surface area contributed by atoms with Gasteiger partial charge in [-0.25, -0.2) is 4.98 Å². The van der Waals surface area contributed by atoms with Crippen molar-refractivity contribution in [2.45, 2.75) is 53.1 Å². The van der Waals surface area contributed by atoms with Gasteiger partial charge in [0, 0.05) is 42.5 Å². The Morgan fingerprint density at radius 1 is 1.46 bits per heavy atom. The number of aliphatic hydroxyl groups excluding tert-OH is 1. The van der Waals surface area contributed by atoms with Crippen LogP contribution in [0.25, 0.3) is 5.65 Å². The number of carbonyl (C=O) groups excluding carboxylic acids is 1. The lowest BCUT2D eigenvalue weighted by Crippen LogP contribution is -2.27. The Kier molecular flexibility index (Phi) is 8.20. The predicted octanol–water partition coefficient (Wildman–Crippen LogP) is 3.85. The highest BCUT2D eigenvalue weighted by Crippen LogP contribution is 2.17. The maximum Gasteiger partial charge on any atom is 0.270 e. The molecule has 1 unspecified atom stereocenters. The third kappa shape index (κ3) is 6.17. The number of nitrogens with one attached hydrogen (secondary N) is 1. The second-order valence-corrected chi connectivity index (χ2v) is 7.46. The summed E-state index contributed by atoms with van der Waals surface area (Å²) in [6.07, 6.45) is 5.58. The van der Waals surface area contributed by atoms with Crippen LogP contribution in [-0.2, 0) is 6.42 Å². The first kappa shape index (κ1) is 22.1. The Labute approximate surface area is 171 Å². The maximum atomic E-state index is 12.8. The largest absolute Gasteiger partial charge is 0.393 e. The molecule has 0 saturated carbocycles. The summed E-state index contributed by atoms with van der Waals surface area (Å²) in [7, 11) is 0. The number of carbonyl (C=O) groups is 1. The molecule has 7 heteroatoms. The van der Waals surface area contributed by atoms with Crippen molar-refractivity contribution >= 4 is 28.9 Å². The zero-order valence-corrected chi connectivity index (χ0v) is 17.8. The quantitative estimate of drug-likeness (QED) is 0.492. The van der Waals surface area contributed by atoms with Crippen LogP contribution in [0.15, 0.2) is 35.0 Å². The first-order valence-electron chi connectivity index (χ1n) is 9.60. The number of rotatable bonds is 9. The van der Waals surface area contributed by atoms with E-state index in [2.05, 4.69) is 21.4 Å². The van der Waals surface area contributed by atoms with Crippen LogP contribution in [0.5, 0.6) is 0 Å². The van der Waals surface area contributed by atoms with E-state index in [9.17, 15) is 9.90 Å². The van der Waals surface area contributed by atoms with Gasteiger partial charge in [-0.05, 0) is 39.7 Å². The number of amides is 1. The lowest BCUT2D eigenvalue weighted by atomic mass is 10.2. The molecule has 0 aliphatic heterocycles. The lowest BCUT2D eigenvalue weighted by molar-refractivity contribution is 0.0950. The van der Waals surface area contributed by atoms with E-state index in [0.717, 1.165) is 23.4 Å². The highest BCUT2D eigenvalue weighted by atomic mass is 35.5. The molecule has 0 spiro atoms. The molecular formula is C21H29ClN4O2. The van der Waals surface area contributed by atoms with Crippen molar-refractivity contribution in [3.63, 3.8) is 0 Å². The minimum atomic E-state index is -0.326. The molecule has 2 N–H and O–H groups in total. The third-order valence-electron chi connectivity index (χ3n) is 4.41. The van der Waals surface area contributed by atoms with Gasteiger partial charge in [0.15, 0.2) is 0 Å². The van der Waals surface area contributed by atoms with Gasteiger partial charge >= 0.3 is 0 Å². The summed E-state index contributed by atoms with van der Waals surface area (Å²) in [5, 5.41) is 12.8.